The SMILES string of the molecule is c1ccc2c(c1)SC(=C1c3nc4ccccc4nc3-c3nc4ccccc4nc3-c3nc4ccccc4nc31)S2. The molecule has 0 fully saturated rings. The maximum Gasteiger partial charge on any atom is 0.120 e. The number of thioether (sulfide) groups is 2. The van der Waals surface area contributed by atoms with E-state index in [1.54, 1.807) is 23.5 Å². The number of aromatic nitrogens is 6. The molecular weight excluding hydrogens is 533 g/mol. The van der Waals surface area contributed by atoms with E-state index >= 15 is 0 Å². The number of hydrogen-bond acceptors (Lipinski definition) is 8. The molecular formula is C32H16N6S2. The summed E-state index contributed by atoms with van der Waals surface area (Å²) in [6.45, 7) is 0. The molecule has 40 heavy (non-hydrogen) atoms. The highest BCUT2D eigenvalue weighted by atomic mass is 32.2. The average molecular weight is 549 g/mol. The van der Waals surface area contributed by atoms with Gasteiger partial charge in [-0.1, -0.05) is 72.1 Å². The van der Waals surface area contributed by atoms with Gasteiger partial charge in [0, 0.05) is 9.79 Å². The first-order valence-electron chi connectivity index (χ1n) is 12.8. The maximum atomic E-state index is 5.24. The van der Waals surface area contributed by atoms with Gasteiger partial charge in [-0.2, -0.15) is 0 Å². The van der Waals surface area contributed by atoms with Gasteiger partial charge in [-0.25, -0.2) is 29.9 Å². The smallest absolute Gasteiger partial charge is 0.120 e. The van der Waals surface area contributed by atoms with Gasteiger partial charge in [0.1, 0.15) is 34.2 Å². The van der Waals surface area contributed by atoms with E-state index in [0.29, 0.717) is 22.8 Å². The van der Waals surface area contributed by atoms with Gasteiger partial charge >= 0.3 is 0 Å². The molecule has 4 aromatic carbocycles. The molecule has 3 aromatic heterocycles. The maximum absolute atomic E-state index is 5.24. The molecule has 0 saturated carbocycles. The Bertz CT molecular complexity index is 2090. The van der Waals surface area contributed by atoms with Crippen molar-refractivity contribution in [3.63, 3.8) is 0 Å². The van der Waals surface area contributed by atoms with Crippen LogP contribution in [0.1, 0.15) is 11.4 Å². The molecule has 0 radical (unpaired) electrons. The first-order valence-corrected chi connectivity index (χ1v) is 14.4. The van der Waals surface area contributed by atoms with E-state index in [1.165, 1.54) is 9.79 Å². The summed E-state index contributed by atoms with van der Waals surface area (Å²) in [5, 5.41) is 0. The van der Waals surface area contributed by atoms with Crippen LogP contribution in [0.25, 0.3) is 61.4 Å². The molecule has 0 atom stereocenters. The largest absolute Gasteiger partial charge is 0.244 e. The van der Waals surface area contributed by atoms with Crippen molar-refractivity contribution in [3.05, 3.63) is 113 Å². The summed E-state index contributed by atoms with van der Waals surface area (Å²) >= 11 is 3.48. The quantitative estimate of drug-likeness (QED) is 0.190. The lowest BCUT2D eigenvalue weighted by Gasteiger charge is -2.13. The van der Waals surface area contributed by atoms with Crippen molar-refractivity contribution in [1.29, 1.82) is 0 Å². The number of nitrogens with zero attached hydrogens (tertiary/aromatic N) is 6. The second-order valence-corrected chi connectivity index (χ2v) is 11.9. The fourth-order valence-corrected chi connectivity index (χ4v) is 7.83. The highest BCUT2D eigenvalue weighted by Gasteiger charge is 2.35. The molecule has 4 heterocycles. The summed E-state index contributed by atoms with van der Waals surface area (Å²) in [4.78, 5) is 33.5. The zero-order chi connectivity index (χ0) is 26.2. The normalized spacial score (nSPS) is 13.7. The molecule has 0 bridgehead atoms. The third kappa shape index (κ3) is 3.27. The number of para-hydroxylation sites is 6. The van der Waals surface area contributed by atoms with Crippen LogP contribution < -0.4 is 0 Å². The average Bonchev–Trinajstić information content (AvgIpc) is 3.39. The number of hydrogen-bond donors (Lipinski definition) is 0. The van der Waals surface area contributed by atoms with Gasteiger partial charge in [0.2, 0.25) is 0 Å². The Morgan fingerprint density at radius 2 is 0.600 bits per heavy atom. The molecule has 0 spiro atoms. The van der Waals surface area contributed by atoms with E-state index in [0.717, 1.165) is 54.3 Å². The van der Waals surface area contributed by atoms with Crippen molar-refractivity contribution in [2.24, 2.45) is 0 Å². The fourth-order valence-electron chi connectivity index (χ4n) is 5.26. The van der Waals surface area contributed by atoms with E-state index < -0.39 is 0 Å². The second kappa shape index (κ2) is 8.42. The molecule has 1 aliphatic carbocycles. The Morgan fingerprint density at radius 1 is 0.325 bits per heavy atom. The van der Waals surface area contributed by atoms with Crippen LogP contribution in [0.15, 0.2) is 111 Å². The van der Waals surface area contributed by atoms with E-state index in [2.05, 4.69) is 24.3 Å². The van der Waals surface area contributed by atoms with Crippen LogP contribution in [-0.2, 0) is 0 Å². The van der Waals surface area contributed by atoms with Gasteiger partial charge in [0.05, 0.1) is 42.9 Å². The topological polar surface area (TPSA) is 77.3 Å². The van der Waals surface area contributed by atoms with Crippen molar-refractivity contribution >= 4 is 62.2 Å². The van der Waals surface area contributed by atoms with Crippen LogP contribution in [0.5, 0.6) is 0 Å². The summed E-state index contributed by atoms with van der Waals surface area (Å²) in [7, 11) is 0. The lowest BCUT2D eigenvalue weighted by atomic mass is 10.1. The van der Waals surface area contributed by atoms with E-state index in [9.17, 15) is 0 Å². The zero-order valence-electron chi connectivity index (χ0n) is 20.7. The van der Waals surface area contributed by atoms with Gasteiger partial charge in [0.25, 0.3) is 0 Å². The van der Waals surface area contributed by atoms with Crippen molar-refractivity contribution in [2.75, 3.05) is 0 Å². The Hall–Kier alpha value is -4.66. The minimum Gasteiger partial charge on any atom is -0.244 e. The highest BCUT2D eigenvalue weighted by Crippen LogP contribution is 2.56. The summed E-state index contributed by atoms with van der Waals surface area (Å²) in [6, 6.07) is 32.3. The lowest BCUT2D eigenvalue weighted by molar-refractivity contribution is 1.21. The molecule has 186 valence electrons. The van der Waals surface area contributed by atoms with Gasteiger partial charge in [-0.15, -0.1) is 0 Å². The first-order chi connectivity index (χ1) is 19.8. The molecule has 9 rings (SSSR count). The molecule has 0 amide bonds. The van der Waals surface area contributed by atoms with Crippen LogP contribution >= 0.6 is 23.5 Å². The molecule has 0 unspecified atom stereocenters. The van der Waals surface area contributed by atoms with Crippen molar-refractivity contribution in [1.82, 2.24) is 29.9 Å². The third-order valence-corrected chi connectivity index (χ3v) is 9.65. The highest BCUT2D eigenvalue weighted by molar-refractivity contribution is 8.25. The van der Waals surface area contributed by atoms with Gasteiger partial charge in [-0.3, -0.25) is 0 Å². The standard InChI is InChI=1S/C32H16N6S2/c1-3-11-19-17(9-1)33-26-25(32-39-23-15-7-8-16-24(23)40-32)27-29(36-20-12-4-2-10-18(20)34-27)31-30(28(26)35-19)37-21-13-5-6-14-22(21)38-31/h1-16H. The van der Waals surface area contributed by atoms with E-state index in [1.807, 2.05) is 72.8 Å². The molecule has 0 N–H and O–H groups in total. The van der Waals surface area contributed by atoms with Crippen molar-refractivity contribution < 1.29 is 0 Å². The first kappa shape index (κ1) is 22.2. The molecule has 8 heteroatoms. The zero-order valence-corrected chi connectivity index (χ0v) is 22.4. The van der Waals surface area contributed by atoms with Crippen LogP contribution in [0, 0.1) is 0 Å². The Morgan fingerprint density at radius 3 is 0.950 bits per heavy atom. The van der Waals surface area contributed by atoms with Crippen LogP contribution in [0.3, 0.4) is 0 Å². The Kier molecular flexibility index (Phi) is 4.67. The minimum absolute atomic E-state index is 0.666. The molecule has 0 saturated heterocycles. The summed E-state index contributed by atoms with van der Waals surface area (Å²) in [5.41, 5.74) is 9.95. The third-order valence-electron chi connectivity index (χ3n) is 7.09. The predicted molar refractivity (Wildman–Crippen MR) is 161 cm³/mol. The van der Waals surface area contributed by atoms with Gasteiger partial charge in [0.15, 0.2) is 0 Å². The van der Waals surface area contributed by atoms with Gasteiger partial charge < -0.3 is 0 Å². The van der Waals surface area contributed by atoms with Crippen LogP contribution in [0.4, 0.5) is 0 Å². The Labute approximate surface area is 236 Å². The molecule has 6 nitrogen and oxygen atoms in total. The lowest BCUT2D eigenvalue weighted by Crippen LogP contribution is -2.02. The number of benzene rings is 4. The summed E-state index contributed by atoms with van der Waals surface area (Å²) in [6.07, 6.45) is 0. The number of fused-ring (bicyclic) bond motifs is 9. The van der Waals surface area contributed by atoms with Gasteiger partial charge in [-0.05, 0) is 48.5 Å². The fraction of sp³-hybridized carbons (Fsp3) is 0. The molecule has 7 aromatic rings. The number of rotatable bonds is 0. The summed E-state index contributed by atoms with van der Waals surface area (Å²) < 4.78 is 1.09. The van der Waals surface area contributed by atoms with Crippen LogP contribution in [-0.4, -0.2) is 29.9 Å². The Balaban J connectivity index is 1.48. The molecule has 2 aliphatic rings. The molecule has 1 aliphatic heterocycles. The van der Waals surface area contributed by atoms with Crippen LogP contribution in [0.2, 0.25) is 0 Å². The van der Waals surface area contributed by atoms with E-state index in [-0.39, 0.29) is 0 Å². The second-order valence-electron chi connectivity index (χ2n) is 9.54. The monoisotopic (exact) mass is 548 g/mol. The van der Waals surface area contributed by atoms with Crippen molar-refractivity contribution in [3.8, 4) is 22.8 Å². The summed E-state index contributed by atoms with van der Waals surface area (Å²) in [5.74, 6) is 0. The minimum atomic E-state index is 0.666. The van der Waals surface area contributed by atoms with Crippen molar-refractivity contribution in [2.45, 2.75) is 9.79 Å². The van der Waals surface area contributed by atoms with E-state index in [4.69, 9.17) is 29.9 Å². The predicted octanol–water partition coefficient (Wildman–Crippen LogP) is 7.78.